The van der Waals surface area contributed by atoms with Gasteiger partial charge in [0.15, 0.2) is 0 Å². The minimum absolute atomic E-state index is 0.0335. The standard InChI is InChI=1S/C18H12ClN3O7S2/c19-31-9-3-4-11(22(27)28)13(8-9)29-16-10(17(23)24)2-1-7-21(16)12-5-6-20-15(30)14(12)18(25)26/h1-8,16H,(H,20,30)(H,23,24)(H,25,26). The minimum Gasteiger partial charge on any atom is -0.478 e. The number of aliphatic carboxylic acids is 1. The number of carbonyl (C=O) groups is 2. The molecule has 2 N–H and O–H groups in total. The third kappa shape index (κ3) is 4.60. The Morgan fingerprint density at radius 1 is 1.29 bits per heavy atom. The van der Waals surface area contributed by atoms with Crippen molar-refractivity contribution >= 4 is 57.6 Å². The van der Waals surface area contributed by atoms with E-state index in [1.54, 1.807) is 0 Å². The Morgan fingerprint density at radius 3 is 2.65 bits per heavy atom. The number of nitro benzene ring substituents is 1. The SMILES string of the molecule is O=C(O)C1=CC=CN(c2ccnc(S)c2C(=O)O)C1Oc1cc(SCl)ccc1[N+](=O)[O-]. The van der Waals surface area contributed by atoms with Crippen molar-refractivity contribution in [3.63, 3.8) is 0 Å². The number of pyridine rings is 1. The highest BCUT2D eigenvalue weighted by Crippen LogP contribution is 2.37. The molecule has 0 spiro atoms. The summed E-state index contributed by atoms with van der Waals surface area (Å²) < 4.78 is 5.78. The van der Waals surface area contributed by atoms with Gasteiger partial charge in [0.25, 0.3) is 0 Å². The zero-order chi connectivity index (χ0) is 22.7. The highest BCUT2D eigenvalue weighted by molar-refractivity contribution is 8.21. The van der Waals surface area contributed by atoms with Crippen LogP contribution in [-0.2, 0) is 4.79 Å². The van der Waals surface area contributed by atoms with E-state index in [9.17, 15) is 29.9 Å². The molecular formula is C18H12ClN3O7S2. The van der Waals surface area contributed by atoms with E-state index in [4.69, 9.17) is 15.4 Å². The molecule has 160 valence electrons. The lowest BCUT2D eigenvalue weighted by atomic mass is 10.1. The van der Waals surface area contributed by atoms with E-state index in [1.165, 1.54) is 53.7 Å². The van der Waals surface area contributed by atoms with E-state index in [2.05, 4.69) is 17.6 Å². The summed E-state index contributed by atoms with van der Waals surface area (Å²) >= 11 is 4.07. The summed E-state index contributed by atoms with van der Waals surface area (Å²) in [5, 5.41) is 30.6. The molecule has 0 fully saturated rings. The number of carboxylic acids is 2. The van der Waals surface area contributed by atoms with Crippen LogP contribution in [0.25, 0.3) is 0 Å². The maximum absolute atomic E-state index is 11.8. The van der Waals surface area contributed by atoms with Crippen molar-refractivity contribution in [2.24, 2.45) is 0 Å². The molecule has 1 aromatic heterocycles. The van der Waals surface area contributed by atoms with Crippen LogP contribution in [0.5, 0.6) is 5.75 Å². The third-order valence-electron chi connectivity index (χ3n) is 4.14. The van der Waals surface area contributed by atoms with Gasteiger partial charge >= 0.3 is 17.6 Å². The van der Waals surface area contributed by atoms with Crippen molar-refractivity contribution in [3.05, 3.63) is 70.1 Å². The number of anilines is 1. The maximum atomic E-state index is 11.8. The molecule has 2 aromatic rings. The molecule has 1 aromatic carbocycles. The number of rotatable bonds is 7. The zero-order valence-electron chi connectivity index (χ0n) is 15.2. The normalized spacial score (nSPS) is 15.4. The molecule has 1 aliphatic rings. The number of allylic oxidation sites excluding steroid dienone is 2. The second kappa shape index (κ2) is 9.29. The molecule has 0 amide bonds. The molecule has 0 saturated carbocycles. The van der Waals surface area contributed by atoms with Gasteiger partial charge in [-0.3, -0.25) is 10.1 Å². The summed E-state index contributed by atoms with van der Waals surface area (Å²) in [6.45, 7) is 0. The highest BCUT2D eigenvalue weighted by Gasteiger charge is 2.34. The van der Waals surface area contributed by atoms with Crippen LogP contribution >= 0.6 is 34.3 Å². The number of carboxylic acid groups (broad SMARTS) is 2. The zero-order valence-corrected chi connectivity index (χ0v) is 17.7. The predicted octanol–water partition coefficient (Wildman–Crippen LogP) is 3.97. The largest absolute Gasteiger partial charge is 0.478 e. The van der Waals surface area contributed by atoms with Crippen LogP contribution in [0.1, 0.15) is 10.4 Å². The molecule has 0 radical (unpaired) electrons. The van der Waals surface area contributed by atoms with Crippen LogP contribution in [0, 0.1) is 10.1 Å². The lowest BCUT2D eigenvalue weighted by molar-refractivity contribution is -0.386. The Balaban J connectivity index is 2.16. The van der Waals surface area contributed by atoms with E-state index < -0.39 is 28.8 Å². The maximum Gasteiger partial charge on any atom is 0.340 e. The Morgan fingerprint density at radius 2 is 2.03 bits per heavy atom. The smallest absolute Gasteiger partial charge is 0.340 e. The molecule has 1 aliphatic heterocycles. The average Bonchev–Trinajstić information content (AvgIpc) is 2.72. The van der Waals surface area contributed by atoms with Gasteiger partial charge in [-0.2, -0.15) is 0 Å². The molecule has 0 aliphatic carbocycles. The molecule has 2 heterocycles. The molecule has 31 heavy (non-hydrogen) atoms. The number of halogens is 1. The van der Waals surface area contributed by atoms with Gasteiger partial charge in [-0.25, -0.2) is 14.6 Å². The fourth-order valence-corrected chi connectivity index (χ4v) is 3.66. The van der Waals surface area contributed by atoms with Crippen molar-refractivity contribution in [2.75, 3.05) is 4.90 Å². The molecule has 1 unspecified atom stereocenters. The number of aromatic carboxylic acids is 1. The summed E-state index contributed by atoms with van der Waals surface area (Å²) in [7, 11) is 6.53. The van der Waals surface area contributed by atoms with Gasteiger partial charge in [0.05, 0.1) is 16.2 Å². The number of thiol groups is 1. The lowest BCUT2D eigenvalue weighted by Gasteiger charge is -2.33. The number of hydrogen-bond acceptors (Lipinski definition) is 9. The van der Waals surface area contributed by atoms with E-state index in [-0.39, 0.29) is 27.6 Å². The molecule has 1 atom stereocenters. The number of benzene rings is 1. The summed E-state index contributed by atoms with van der Waals surface area (Å²) in [5.74, 6) is -2.95. The minimum atomic E-state index is -1.44. The fourth-order valence-electron chi connectivity index (χ4n) is 2.82. The average molecular weight is 482 g/mol. The third-order valence-corrected chi connectivity index (χ3v) is 5.45. The molecular weight excluding hydrogens is 470 g/mol. The first-order chi connectivity index (χ1) is 14.7. The second-order valence-corrected chi connectivity index (χ2v) is 7.46. The van der Waals surface area contributed by atoms with Gasteiger partial charge in [0.1, 0.15) is 10.6 Å². The Bertz CT molecular complexity index is 1140. The summed E-state index contributed by atoms with van der Waals surface area (Å²) in [5.41, 5.74) is -0.965. The van der Waals surface area contributed by atoms with Crippen molar-refractivity contribution < 1.29 is 29.5 Å². The van der Waals surface area contributed by atoms with Crippen molar-refractivity contribution in [1.82, 2.24) is 4.98 Å². The van der Waals surface area contributed by atoms with Crippen LogP contribution in [0.4, 0.5) is 11.4 Å². The number of nitrogens with zero attached hydrogens (tertiary/aromatic N) is 3. The fraction of sp³-hybridized carbons (Fsp3) is 0.0556. The van der Waals surface area contributed by atoms with Gasteiger partial charge < -0.3 is 19.8 Å². The van der Waals surface area contributed by atoms with Gasteiger partial charge in [-0.1, -0.05) is 0 Å². The second-order valence-electron chi connectivity index (χ2n) is 5.94. The Kier molecular flexibility index (Phi) is 6.73. The van der Waals surface area contributed by atoms with Gasteiger partial charge in [0, 0.05) is 29.4 Å². The topological polar surface area (TPSA) is 143 Å². The quantitative estimate of drug-likeness (QED) is 0.302. The molecule has 0 bridgehead atoms. The highest BCUT2D eigenvalue weighted by atomic mass is 35.7. The number of hydrogen-bond donors (Lipinski definition) is 3. The molecule has 10 nitrogen and oxygen atoms in total. The predicted molar refractivity (Wildman–Crippen MR) is 115 cm³/mol. The van der Waals surface area contributed by atoms with Crippen LogP contribution in [0.2, 0.25) is 0 Å². The van der Waals surface area contributed by atoms with Crippen LogP contribution in [0.3, 0.4) is 0 Å². The number of nitro groups is 1. The van der Waals surface area contributed by atoms with Crippen molar-refractivity contribution in [3.8, 4) is 5.75 Å². The van der Waals surface area contributed by atoms with Gasteiger partial charge in [-0.05, 0) is 45.9 Å². The molecule has 3 rings (SSSR count). The Hall–Kier alpha value is -3.22. The van der Waals surface area contributed by atoms with Crippen LogP contribution in [-0.4, -0.2) is 38.3 Å². The van der Waals surface area contributed by atoms with E-state index in [0.29, 0.717) is 4.90 Å². The van der Waals surface area contributed by atoms with Crippen molar-refractivity contribution in [1.29, 1.82) is 0 Å². The van der Waals surface area contributed by atoms with Crippen LogP contribution in [0.15, 0.2) is 64.3 Å². The first kappa shape index (κ1) is 22.5. The van der Waals surface area contributed by atoms with E-state index in [1.807, 2.05) is 0 Å². The van der Waals surface area contributed by atoms with Gasteiger partial charge in [-0.15, -0.1) is 12.6 Å². The van der Waals surface area contributed by atoms with Crippen LogP contribution < -0.4 is 9.64 Å². The first-order valence-electron chi connectivity index (χ1n) is 8.29. The lowest BCUT2D eigenvalue weighted by Crippen LogP contribution is -2.42. The van der Waals surface area contributed by atoms with Crippen molar-refractivity contribution in [2.45, 2.75) is 16.1 Å². The first-order valence-corrected chi connectivity index (χ1v) is 10.4. The monoisotopic (exact) mass is 481 g/mol. The molecule has 0 saturated heterocycles. The number of aromatic nitrogens is 1. The summed E-state index contributed by atoms with van der Waals surface area (Å²) in [4.78, 5) is 39.9. The number of ether oxygens (including phenoxy) is 1. The summed E-state index contributed by atoms with van der Waals surface area (Å²) in [6.07, 6.45) is 3.87. The Labute approximate surface area is 188 Å². The van der Waals surface area contributed by atoms with E-state index >= 15 is 0 Å². The van der Waals surface area contributed by atoms with E-state index in [0.717, 1.165) is 11.0 Å². The van der Waals surface area contributed by atoms with Gasteiger partial charge in [0.2, 0.25) is 12.0 Å². The summed E-state index contributed by atoms with van der Waals surface area (Å²) in [6, 6.07) is 5.22. The molecule has 13 heteroatoms.